The molecule has 0 aliphatic heterocycles. The molecule has 5 nitrogen and oxygen atoms in total. The summed E-state index contributed by atoms with van der Waals surface area (Å²) in [6.45, 7) is 3.68. The molecule has 0 fully saturated rings. The van der Waals surface area contributed by atoms with E-state index in [0.29, 0.717) is 37.0 Å². The van der Waals surface area contributed by atoms with Crippen molar-refractivity contribution in [1.29, 1.82) is 5.26 Å². The molecule has 0 unspecified atom stereocenters. The van der Waals surface area contributed by atoms with Crippen LogP contribution in [0.1, 0.15) is 12.6 Å². The first-order valence-electron chi connectivity index (χ1n) is 4.75. The Labute approximate surface area is 89.0 Å². The van der Waals surface area contributed by atoms with Gasteiger partial charge in [-0.05, 0) is 6.92 Å². The lowest BCUT2D eigenvalue weighted by atomic mass is 10.4. The van der Waals surface area contributed by atoms with Crippen LogP contribution < -0.4 is 10.5 Å². The van der Waals surface area contributed by atoms with Gasteiger partial charge >= 0.3 is 0 Å². The second-order valence-corrected chi connectivity index (χ2v) is 2.95. The summed E-state index contributed by atoms with van der Waals surface area (Å²) < 4.78 is 12.1. The minimum absolute atomic E-state index is 0.477. The van der Waals surface area contributed by atoms with Gasteiger partial charge in [-0.2, -0.15) is 5.26 Å². The number of hydrogen-bond donors (Lipinski definition) is 1. The molecule has 0 aromatic carbocycles. The Morgan fingerprint density at radius 2 is 2.33 bits per heavy atom. The Morgan fingerprint density at radius 3 is 2.87 bits per heavy atom. The Balaban J connectivity index is 2.87. The number of methoxy groups -OCH3 is 1. The fraction of sp³-hybridized carbons (Fsp3) is 0.500. The van der Waals surface area contributed by atoms with Crippen molar-refractivity contribution in [2.45, 2.75) is 13.5 Å². The average molecular weight is 209 g/mol. The Morgan fingerprint density at radius 1 is 1.60 bits per heavy atom. The van der Waals surface area contributed by atoms with E-state index in [1.54, 1.807) is 10.6 Å². The highest BCUT2D eigenvalue weighted by Gasteiger charge is 2.12. The van der Waals surface area contributed by atoms with E-state index in [1.807, 2.05) is 6.92 Å². The maximum atomic E-state index is 8.89. The van der Waals surface area contributed by atoms with Crippen LogP contribution in [0.2, 0.25) is 0 Å². The van der Waals surface area contributed by atoms with Crippen molar-refractivity contribution >= 4 is 5.69 Å². The van der Waals surface area contributed by atoms with Gasteiger partial charge in [0.2, 0.25) is 5.88 Å². The zero-order chi connectivity index (χ0) is 11.3. The third-order valence-electron chi connectivity index (χ3n) is 2.05. The van der Waals surface area contributed by atoms with Crippen molar-refractivity contribution < 1.29 is 9.47 Å². The molecule has 0 radical (unpaired) electrons. The minimum atomic E-state index is 0.477. The van der Waals surface area contributed by atoms with Crippen molar-refractivity contribution in [3.05, 3.63) is 11.8 Å². The highest BCUT2D eigenvalue weighted by Crippen LogP contribution is 2.25. The smallest absolute Gasteiger partial charge is 0.218 e. The summed E-state index contributed by atoms with van der Waals surface area (Å²) >= 11 is 0. The van der Waals surface area contributed by atoms with Gasteiger partial charge in [-0.25, -0.2) is 0 Å². The van der Waals surface area contributed by atoms with Crippen LogP contribution in [0, 0.1) is 11.3 Å². The van der Waals surface area contributed by atoms with Crippen LogP contribution >= 0.6 is 0 Å². The molecule has 15 heavy (non-hydrogen) atoms. The molecule has 1 aromatic heterocycles. The van der Waals surface area contributed by atoms with Gasteiger partial charge in [0.05, 0.1) is 25.9 Å². The van der Waals surface area contributed by atoms with Gasteiger partial charge in [0.25, 0.3) is 0 Å². The maximum Gasteiger partial charge on any atom is 0.218 e. The Kier molecular flexibility index (Phi) is 4.01. The third-order valence-corrected chi connectivity index (χ3v) is 2.05. The predicted molar refractivity (Wildman–Crippen MR) is 56.6 cm³/mol. The number of ether oxygens (including phenoxy) is 2. The largest absolute Gasteiger partial charge is 0.481 e. The highest BCUT2D eigenvalue weighted by atomic mass is 16.5. The van der Waals surface area contributed by atoms with Gasteiger partial charge in [-0.1, -0.05) is 0 Å². The normalized spacial score (nSPS) is 9.93. The molecule has 1 rings (SSSR count). The number of nitrogen functional groups attached to an aromatic ring is 1. The maximum absolute atomic E-state index is 8.89. The molecular formula is C10H15N3O2. The number of nitriles is 1. The molecule has 82 valence electrons. The summed E-state index contributed by atoms with van der Waals surface area (Å²) in [5.41, 5.74) is 6.66. The van der Waals surface area contributed by atoms with E-state index in [9.17, 15) is 0 Å². The summed E-state index contributed by atoms with van der Waals surface area (Å²) in [7, 11) is 1.53. The van der Waals surface area contributed by atoms with Crippen molar-refractivity contribution in [2.24, 2.45) is 0 Å². The summed E-state index contributed by atoms with van der Waals surface area (Å²) in [6.07, 6.45) is 0. The summed E-state index contributed by atoms with van der Waals surface area (Å²) in [5.74, 6) is 0.520. The van der Waals surface area contributed by atoms with Crippen molar-refractivity contribution in [3.8, 4) is 11.9 Å². The minimum Gasteiger partial charge on any atom is -0.481 e. The van der Waals surface area contributed by atoms with E-state index >= 15 is 0 Å². The average Bonchev–Trinajstić information content (AvgIpc) is 2.55. The van der Waals surface area contributed by atoms with Gasteiger partial charge in [-0.15, -0.1) is 0 Å². The number of nitrogens with two attached hydrogens (primary N) is 1. The van der Waals surface area contributed by atoms with Gasteiger partial charge in [0, 0.05) is 12.7 Å². The SMILES string of the molecule is CCOCCn1c(C#N)cc(N)c1OC. The lowest BCUT2D eigenvalue weighted by Crippen LogP contribution is -2.09. The zero-order valence-electron chi connectivity index (χ0n) is 8.99. The Bertz CT molecular complexity index is 365. The molecule has 0 spiro atoms. The Hall–Kier alpha value is -1.67. The van der Waals surface area contributed by atoms with Crippen LogP contribution in [-0.4, -0.2) is 24.9 Å². The molecule has 0 saturated carbocycles. The molecule has 0 aliphatic carbocycles. The van der Waals surface area contributed by atoms with Gasteiger partial charge in [0.15, 0.2) is 0 Å². The fourth-order valence-corrected chi connectivity index (χ4v) is 1.40. The first-order valence-corrected chi connectivity index (χ1v) is 4.75. The molecule has 0 amide bonds. The zero-order valence-corrected chi connectivity index (χ0v) is 8.99. The molecule has 2 N–H and O–H groups in total. The van der Waals surface area contributed by atoms with Crippen LogP contribution in [0.3, 0.4) is 0 Å². The van der Waals surface area contributed by atoms with Crippen LogP contribution in [0.4, 0.5) is 5.69 Å². The van der Waals surface area contributed by atoms with E-state index in [2.05, 4.69) is 6.07 Å². The van der Waals surface area contributed by atoms with Crippen LogP contribution in [-0.2, 0) is 11.3 Å². The monoisotopic (exact) mass is 209 g/mol. The molecule has 1 heterocycles. The number of aromatic nitrogens is 1. The van der Waals surface area contributed by atoms with Crippen molar-refractivity contribution in [2.75, 3.05) is 26.1 Å². The van der Waals surface area contributed by atoms with E-state index in [4.69, 9.17) is 20.5 Å². The van der Waals surface area contributed by atoms with Crippen molar-refractivity contribution in [1.82, 2.24) is 4.57 Å². The van der Waals surface area contributed by atoms with E-state index in [0.717, 1.165) is 0 Å². The van der Waals surface area contributed by atoms with E-state index < -0.39 is 0 Å². The molecule has 5 heteroatoms. The van der Waals surface area contributed by atoms with Crippen molar-refractivity contribution in [3.63, 3.8) is 0 Å². The van der Waals surface area contributed by atoms with E-state index in [1.165, 1.54) is 7.11 Å². The van der Waals surface area contributed by atoms with Crippen LogP contribution in [0.15, 0.2) is 6.07 Å². The predicted octanol–water partition coefficient (Wildman–Crippen LogP) is 0.987. The molecule has 0 saturated heterocycles. The first kappa shape index (κ1) is 11.4. The number of anilines is 1. The summed E-state index contributed by atoms with van der Waals surface area (Å²) in [6, 6.07) is 3.67. The van der Waals surface area contributed by atoms with Crippen LogP contribution in [0.5, 0.6) is 5.88 Å². The fourth-order valence-electron chi connectivity index (χ4n) is 1.40. The second kappa shape index (κ2) is 5.27. The molecule has 1 aromatic rings. The topological polar surface area (TPSA) is 73.2 Å². The molecule has 0 aliphatic rings. The lowest BCUT2D eigenvalue weighted by molar-refractivity contribution is 0.136. The van der Waals surface area contributed by atoms with E-state index in [-0.39, 0.29) is 0 Å². The standard InChI is InChI=1S/C10H15N3O2/c1-3-15-5-4-13-8(7-11)6-9(12)10(13)14-2/h6H,3-5,12H2,1-2H3. The highest BCUT2D eigenvalue weighted by molar-refractivity contribution is 5.55. The van der Waals surface area contributed by atoms with Gasteiger partial charge in [-0.3, -0.25) is 4.57 Å². The third kappa shape index (κ3) is 2.42. The first-order chi connectivity index (χ1) is 7.24. The second-order valence-electron chi connectivity index (χ2n) is 2.95. The molecule has 0 atom stereocenters. The number of rotatable bonds is 5. The van der Waals surface area contributed by atoms with Gasteiger partial charge in [0.1, 0.15) is 11.8 Å². The summed E-state index contributed by atoms with van der Waals surface area (Å²) in [5, 5.41) is 8.89. The number of hydrogen-bond acceptors (Lipinski definition) is 4. The summed E-state index contributed by atoms with van der Waals surface area (Å²) in [4.78, 5) is 0. The molecular weight excluding hydrogens is 194 g/mol. The quantitative estimate of drug-likeness (QED) is 0.734. The number of nitrogens with zero attached hydrogens (tertiary/aromatic N) is 2. The lowest BCUT2D eigenvalue weighted by Gasteiger charge is -2.09. The van der Waals surface area contributed by atoms with Gasteiger partial charge < -0.3 is 15.2 Å². The van der Waals surface area contributed by atoms with Crippen LogP contribution in [0.25, 0.3) is 0 Å². The molecule has 0 bridgehead atoms.